The van der Waals surface area contributed by atoms with Crippen LogP contribution in [0.4, 0.5) is 0 Å². The average molecular weight is 436 g/mol. The number of fused-ring (bicyclic) bond motifs is 1. The molecule has 1 amide bonds. The Kier molecular flexibility index (Phi) is 5.56. The summed E-state index contributed by atoms with van der Waals surface area (Å²) in [7, 11) is -2.10. The van der Waals surface area contributed by atoms with E-state index in [4.69, 9.17) is 4.74 Å². The van der Waals surface area contributed by atoms with Crippen LogP contribution in [0.5, 0.6) is 5.75 Å². The Labute approximate surface area is 180 Å². The van der Waals surface area contributed by atoms with E-state index in [9.17, 15) is 13.2 Å². The number of nitrogens with one attached hydrogen (secondary N) is 1. The smallest absolute Gasteiger partial charge is 0.249 e. The van der Waals surface area contributed by atoms with Gasteiger partial charge in [0.15, 0.2) is 0 Å². The number of aromatic nitrogens is 1. The van der Waals surface area contributed by atoms with Crippen LogP contribution in [-0.4, -0.2) is 32.5 Å². The molecule has 1 aliphatic rings. The second-order valence-corrected chi connectivity index (χ2v) is 9.12. The van der Waals surface area contributed by atoms with Crippen molar-refractivity contribution >= 4 is 21.8 Å². The van der Waals surface area contributed by atoms with Crippen LogP contribution < -0.4 is 20.6 Å². The molecule has 0 bridgehead atoms. The minimum atomic E-state index is -3.65. The predicted octanol–water partition coefficient (Wildman–Crippen LogP) is 1.33. The summed E-state index contributed by atoms with van der Waals surface area (Å²) in [5.41, 5.74) is 1.53. The summed E-state index contributed by atoms with van der Waals surface area (Å²) in [6.45, 7) is 2.07. The van der Waals surface area contributed by atoms with Gasteiger partial charge in [0.2, 0.25) is 15.7 Å². The topological polar surface area (TPSA) is 97.7 Å². The lowest BCUT2D eigenvalue weighted by Gasteiger charge is -2.10. The van der Waals surface area contributed by atoms with E-state index in [1.807, 2.05) is 0 Å². The van der Waals surface area contributed by atoms with Gasteiger partial charge in [0.1, 0.15) is 11.8 Å². The molecule has 1 aliphatic heterocycles. The van der Waals surface area contributed by atoms with Crippen LogP contribution in [0.15, 0.2) is 75.7 Å². The first-order valence-corrected chi connectivity index (χ1v) is 11.1. The molecule has 2 heterocycles. The highest BCUT2D eigenvalue weighted by atomic mass is 32.2. The highest BCUT2D eigenvalue weighted by Gasteiger charge is 2.20. The number of benzene rings is 2. The van der Waals surface area contributed by atoms with E-state index in [-0.39, 0.29) is 22.2 Å². The maximum absolute atomic E-state index is 12.9. The van der Waals surface area contributed by atoms with Gasteiger partial charge in [0.25, 0.3) is 0 Å². The van der Waals surface area contributed by atoms with Crippen LogP contribution in [0.25, 0.3) is 6.08 Å². The second kappa shape index (κ2) is 8.31. The maximum Gasteiger partial charge on any atom is 0.249 e. The normalized spacial score (nSPS) is 14.8. The molecular weight excluding hydrogens is 414 g/mol. The van der Waals surface area contributed by atoms with E-state index in [1.165, 1.54) is 6.07 Å². The number of hydrogen-bond donors (Lipinski definition) is 1. The number of hydrogen-bond acceptors (Lipinski definition) is 6. The van der Waals surface area contributed by atoms with Crippen molar-refractivity contribution in [2.24, 2.45) is 4.99 Å². The number of carbonyl (C=O) groups excluding carboxylic acids is 1. The van der Waals surface area contributed by atoms with Gasteiger partial charge in [-0.25, -0.2) is 8.42 Å². The van der Waals surface area contributed by atoms with Crippen molar-refractivity contribution in [1.29, 1.82) is 0 Å². The Morgan fingerprint density at radius 3 is 2.52 bits per heavy atom. The molecule has 1 N–H and O–H groups in total. The third kappa shape index (κ3) is 4.20. The Bertz CT molecular complexity index is 1330. The van der Waals surface area contributed by atoms with Gasteiger partial charge in [0, 0.05) is 24.2 Å². The summed E-state index contributed by atoms with van der Waals surface area (Å²) >= 11 is 0. The van der Waals surface area contributed by atoms with Crippen LogP contribution in [0.1, 0.15) is 11.1 Å². The first-order valence-electron chi connectivity index (χ1n) is 9.64. The van der Waals surface area contributed by atoms with E-state index in [0.29, 0.717) is 5.75 Å². The number of amides is 1. The van der Waals surface area contributed by atoms with E-state index in [0.717, 1.165) is 21.7 Å². The highest BCUT2D eigenvalue weighted by molar-refractivity contribution is 7.91. The van der Waals surface area contributed by atoms with Crippen molar-refractivity contribution in [3.8, 4) is 5.75 Å². The van der Waals surface area contributed by atoms with E-state index in [1.54, 1.807) is 75.0 Å². The summed E-state index contributed by atoms with van der Waals surface area (Å²) in [4.78, 5) is 21.2. The molecule has 1 aromatic heterocycles. The van der Waals surface area contributed by atoms with Gasteiger partial charge in [-0.05, 0) is 60.5 Å². The van der Waals surface area contributed by atoms with Crippen molar-refractivity contribution in [2.75, 3.05) is 7.11 Å². The minimum Gasteiger partial charge on any atom is -0.496 e. The lowest BCUT2D eigenvalue weighted by atomic mass is 10.2. The van der Waals surface area contributed by atoms with Crippen molar-refractivity contribution in [1.82, 2.24) is 10.3 Å². The third-order valence-corrected chi connectivity index (χ3v) is 6.86. The fourth-order valence-electron chi connectivity index (χ4n) is 3.37. The number of rotatable bonds is 6. The van der Waals surface area contributed by atoms with Crippen molar-refractivity contribution in [3.63, 3.8) is 0 Å². The second-order valence-electron chi connectivity index (χ2n) is 7.17. The van der Waals surface area contributed by atoms with Crippen molar-refractivity contribution in [2.45, 2.75) is 29.3 Å². The predicted molar refractivity (Wildman–Crippen MR) is 115 cm³/mol. The van der Waals surface area contributed by atoms with Gasteiger partial charge in [-0.1, -0.05) is 12.1 Å². The Balaban J connectivity index is 1.44. The van der Waals surface area contributed by atoms with E-state index >= 15 is 0 Å². The molecule has 0 aliphatic carbocycles. The molecule has 158 valence electrons. The fourth-order valence-corrected chi connectivity index (χ4v) is 4.72. The third-order valence-electron chi connectivity index (χ3n) is 5.09. The standard InChI is InChI=1S/C23H21N3O4S/c1-15-11-19(7-8-22(15)30-2)31(28,29)18-5-3-16(4-6-18)13-25-23(27)21-12-17-14-24-10-9-20(17)26-21/h3-12,14,21H,13H2,1-2H3,(H,25,27). The van der Waals surface area contributed by atoms with Crippen LogP contribution in [0.2, 0.25) is 0 Å². The van der Waals surface area contributed by atoms with E-state index in [2.05, 4.69) is 15.3 Å². The molecule has 1 atom stereocenters. The molecule has 0 spiro atoms. The molecule has 31 heavy (non-hydrogen) atoms. The lowest BCUT2D eigenvalue weighted by molar-refractivity contribution is -0.121. The summed E-state index contributed by atoms with van der Waals surface area (Å²) in [5, 5.41) is 4.43. The zero-order valence-corrected chi connectivity index (χ0v) is 17.9. The number of ether oxygens (including phenoxy) is 1. The van der Waals surface area contributed by atoms with Crippen LogP contribution in [-0.2, 0) is 21.2 Å². The molecule has 0 saturated carbocycles. The molecule has 1 unspecified atom stereocenters. The minimum absolute atomic E-state index is 0.189. The van der Waals surface area contributed by atoms with Crippen LogP contribution in [0.3, 0.4) is 0 Å². The van der Waals surface area contributed by atoms with Gasteiger partial charge in [0.05, 0.1) is 22.3 Å². The molecule has 4 rings (SSSR count). The quantitative estimate of drug-likeness (QED) is 0.630. The lowest BCUT2D eigenvalue weighted by Crippen LogP contribution is -2.31. The van der Waals surface area contributed by atoms with Gasteiger partial charge in [-0.15, -0.1) is 0 Å². The summed E-state index contributed by atoms with van der Waals surface area (Å²) < 4.78 is 31.0. The van der Waals surface area contributed by atoms with Crippen molar-refractivity contribution < 1.29 is 17.9 Å². The Hall–Kier alpha value is -3.52. The van der Waals surface area contributed by atoms with Crippen LogP contribution >= 0.6 is 0 Å². The first kappa shape index (κ1) is 20.7. The molecule has 3 aromatic rings. The summed E-state index contributed by atoms with van der Waals surface area (Å²) in [5.74, 6) is 0.414. The number of nitrogens with zero attached hydrogens (tertiary/aromatic N) is 2. The molecule has 0 saturated heterocycles. The highest BCUT2D eigenvalue weighted by Crippen LogP contribution is 2.26. The fraction of sp³-hybridized carbons (Fsp3) is 0.174. The number of aryl methyl sites for hydroxylation is 1. The SMILES string of the molecule is COc1ccc(S(=O)(=O)c2ccc(CNC(=O)C3C=c4cnccc4=N3)cc2)cc1C. The molecule has 7 nitrogen and oxygen atoms in total. The maximum atomic E-state index is 12.9. The van der Waals surface area contributed by atoms with Gasteiger partial charge in [-0.3, -0.25) is 14.8 Å². The summed E-state index contributed by atoms with van der Waals surface area (Å²) in [6, 6.07) is 12.4. The zero-order chi connectivity index (χ0) is 22.0. The van der Waals surface area contributed by atoms with Gasteiger partial charge in [-0.2, -0.15) is 0 Å². The number of carbonyl (C=O) groups is 1. The molecular formula is C23H21N3O4S. The molecule has 2 aromatic carbocycles. The average Bonchev–Trinajstić information content (AvgIpc) is 3.22. The zero-order valence-electron chi connectivity index (χ0n) is 17.1. The largest absolute Gasteiger partial charge is 0.496 e. The molecule has 8 heteroatoms. The monoisotopic (exact) mass is 435 g/mol. The van der Waals surface area contributed by atoms with E-state index < -0.39 is 15.9 Å². The number of sulfone groups is 1. The first-order chi connectivity index (χ1) is 14.9. The molecule has 0 fully saturated rings. The Morgan fingerprint density at radius 2 is 1.84 bits per heavy atom. The molecule has 0 radical (unpaired) electrons. The Morgan fingerprint density at radius 1 is 1.10 bits per heavy atom. The van der Waals surface area contributed by atoms with Gasteiger partial charge >= 0.3 is 0 Å². The summed E-state index contributed by atoms with van der Waals surface area (Å²) in [6.07, 6.45) is 5.08. The van der Waals surface area contributed by atoms with Crippen molar-refractivity contribution in [3.05, 3.63) is 82.6 Å². The number of pyridine rings is 1. The van der Waals surface area contributed by atoms with Gasteiger partial charge < -0.3 is 10.1 Å². The number of methoxy groups -OCH3 is 1. The van der Waals surface area contributed by atoms with Crippen LogP contribution in [0, 0.1) is 6.92 Å².